The summed E-state index contributed by atoms with van der Waals surface area (Å²) in [5.41, 5.74) is 0. The molecule has 4 aliphatic rings. The Labute approximate surface area is 126 Å². The van der Waals surface area contributed by atoms with Crippen LogP contribution in [0.25, 0.3) is 0 Å². The molecular formula is C20H34. The molecule has 0 aromatic rings. The van der Waals surface area contributed by atoms with Crippen molar-refractivity contribution in [2.45, 2.75) is 89.9 Å². The van der Waals surface area contributed by atoms with E-state index in [4.69, 9.17) is 0 Å². The Kier molecular flexibility index (Phi) is 4.10. The summed E-state index contributed by atoms with van der Waals surface area (Å²) in [6.45, 7) is 0. The lowest BCUT2D eigenvalue weighted by molar-refractivity contribution is 0.0595. The Morgan fingerprint density at radius 1 is 0.300 bits per heavy atom. The van der Waals surface area contributed by atoms with E-state index < -0.39 is 0 Å². The molecule has 0 heteroatoms. The molecule has 4 aliphatic carbocycles. The molecule has 0 bridgehead atoms. The van der Waals surface area contributed by atoms with Crippen molar-refractivity contribution < 1.29 is 0 Å². The maximum absolute atomic E-state index is 1.63. The number of hydrogen-bond donors (Lipinski definition) is 0. The lowest BCUT2D eigenvalue weighted by atomic mass is 9.61. The maximum Gasteiger partial charge on any atom is -0.0383 e. The zero-order valence-electron chi connectivity index (χ0n) is 13.4. The second-order valence-electron chi connectivity index (χ2n) is 8.76. The van der Waals surface area contributed by atoms with Gasteiger partial charge in [0, 0.05) is 0 Å². The number of rotatable bonds is 2. The average molecular weight is 274 g/mol. The Balaban J connectivity index is 1.33. The minimum absolute atomic E-state index is 1.14. The van der Waals surface area contributed by atoms with Gasteiger partial charge in [0.05, 0.1) is 0 Å². The van der Waals surface area contributed by atoms with Crippen molar-refractivity contribution >= 4 is 0 Å². The molecule has 4 unspecified atom stereocenters. The molecule has 4 rings (SSSR count). The summed E-state index contributed by atoms with van der Waals surface area (Å²) in [6.07, 6.45) is 22.1. The van der Waals surface area contributed by atoms with E-state index in [-0.39, 0.29) is 0 Å². The summed E-state index contributed by atoms with van der Waals surface area (Å²) < 4.78 is 0. The van der Waals surface area contributed by atoms with Crippen molar-refractivity contribution in [1.29, 1.82) is 0 Å². The Morgan fingerprint density at radius 3 is 0.950 bits per heavy atom. The second-order valence-corrected chi connectivity index (χ2v) is 8.76. The molecule has 0 amide bonds. The summed E-state index contributed by atoms with van der Waals surface area (Å²) in [6, 6.07) is 0. The molecule has 4 saturated carbocycles. The van der Waals surface area contributed by atoms with Crippen LogP contribution in [0.4, 0.5) is 0 Å². The maximum atomic E-state index is 1.63. The molecule has 4 fully saturated rings. The lowest BCUT2D eigenvalue weighted by Gasteiger charge is -2.45. The third kappa shape index (κ3) is 2.69. The van der Waals surface area contributed by atoms with Gasteiger partial charge >= 0.3 is 0 Å². The smallest absolute Gasteiger partial charge is 0.0383 e. The molecular weight excluding hydrogens is 240 g/mol. The molecule has 0 aromatic heterocycles. The minimum atomic E-state index is 1.14. The third-order valence-corrected chi connectivity index (χ3v) is 7.83. The van der Waals surface area contributed by atoms with Gasteiger partial charge < -0.3 is 0 Å². The van der Waals surface area contributed by atoms with Crippen LogP contribution in [-0.2, 0) is 0 Å². The van der Waals surface area contributed by atoms with Crippen LogP contribution in [-0.4, -0.2) is 0 Å². The van der Waals surface area contributed by atoms with Gasteiger partial charge in [0.2, 0.25) is 0 Å². The summed E-state index contributed by atoms with van der Waals surface area (Å²) in [4.78, 5) is 0. The van der Waals surface area contributed by atoms with Gasteiger partial charge in [-0.25, -0.2) is 0 Å². The zero-order chi connectivity index (χ0) is 13.4. The first-order valence-corrected chi connectivity index (χ1v) is 9.90. The van der Waals surface area contributed by atoms with Crippen molar-refractivity contribution in [2.24, 2.45) is 35.5 Å². The summed E-state index contributed by atoms with van der Waals surface area (Å²) in [5.74, 6) is 6.86. The first-order valence-electron chi connectivity index (χ1n) is 9.90. The van der Waals surface area contributed by atoms with Gasteiger partial charge in [-0.2, -0.15) is 0 Å². The van der Waals surface area contributed by atoms with E-state index in [1.165, 1.54) is 0 Å². The number of hydrogen-bond acceptors (Lipinski definition) is 0. The van der Waals surface area contributed by atoms with Crippen LogP contribution in [0, 0.1) is 35.5 Å². The third-order valence-electron chi connectivity index (χ3n) is 7.83. The van der Waals surface area contributed by atoms with Gasteiger partial charge in [-0.15, -0.1) is 0 Å². The first-order chi connectivity index (χ1) is 9.90. The molecule has 4 atom stereocenters. The second kappa shape index (κ2) is 6.01. The molecule has 0 N–H and O–H groups in total. The van der Waals surface area contributed by atoms with E-state index in [2.05, 4.69) is 0 Å². The van der Waals surface area contributed by atoms with Crippen LogP contribution in [0.2, 0.25) is 0 Å². The molecule has 20 heavy (non-hydrogen) atoms. The quantitative estimate of drug-likeness (QED) is 0.562. The standard InChI is InChI=1S/C20H34/c1-2-6-15(5-1)17-9-11-20-14-18(10-12-19(20)13-17)16-7-3-4-8-16/h15-20H,1-14H2. The van der Waals surface area contributed by atoms with Crippen LogP contribution >= 0.6 is 0 Å². The highest BCUT2D eigenvalue weighted by Gasteiger charge is 2.40. The van der Waals surface area contributed by atoms with E-state index in [1.54, 1.807) is 89.9 Å². The highest BCUT2D eigenvalue weighted by molar-refractivity contribution is 4.91. The van der Waals surface area contributed by atoms with Gasteiger partial charge in [-0.05, 0) is 74.0 Å². The molecule has 0 heterocycles. The average Bonchev–Trinajstić information content (AvgIpc) is 3.19. The normalized spacial score (nSPS) is 43.8. The molecule has 0 spiro atoms. The van der Waals surface area contributed by atoms with Crippen molar-refractivity contribution in [2.75, 3.05) is 0 Å². The molecule has 0 aromatic carbocycles. The Hall–Kier alpha value is 0. The highest BCUT2D eigenvalue weighted by atomic mass is 14.5. The van der Waals surface area contributed by atoms with Gasteiger partial charge in [-0.3, -0.25) is 0 Å². The summed E-state index contributed by atoms with van der Waals surface area (Å²) >= 11 is 0. The van der Waals surface area contributed by atoms with E-state index >= 15 is 0 Å². The van der Waals surface area contributed by atoms with Gasteiger partial charge in [0.1, 0.15) is 0 Å². The van der Waals surface area contributed by atoms with E-state index in [0.717, 1.165) is 35.5 Å². The van der Waals surface area contributed by atoms with Crippen molar-refractivity contribution in [3.8, 4) is 0 Å². The van der Waals surface area contributed by atoms with Crippen LogP contribution < -0.4 is 0 Å². The van der Waals surface area contributed by atoms with Crippen LogP contribution in [0.3, 0.4) is 0 Å². The van der Waals surface area contributed by atoms with E-state index in [1.807, 2.05) is 0 Å². The lowest BCUT2D eigenvalue weighted by Crippen LogP contribution is -2.34. The highest BCUT2D eigenvalue weighted by Crippen LogP contribution is 2.51. The molecule has 0 radical (unpaired) electrons. The van der Waals surface area contributed by atoms with Crippen molar-refractivity contribution in [3.63, 3.8) is 0 Å². The topological polar surface area (TPSA) is 0 Å². The Bertz CT molecular complexity index is 276. The van der Waals surface area contributed by atoms with Crippen molar-refractivity contribution in [1.82, 2.24) is 0 Å². The van der Waals surface area contributed by atoms with Gasteiger partial charge in [0.15, 0.2) is 0 Å². The fourth-order valence-corrected chi connectivity index (χ4v) is 6.68. The zero-order valence-corrected chi connectivity index (χ0v) is 13.4. The van der Waals surface area contributed by atoms with Gasteiger partial charge in [0.25, 0.3) is 0 Å². The van der Waals surface area contributed by atoms with E-state index in [0.29, 0.717) is 0 Å². The fraction of sp³-hybridized carbons (Fsp3) is 1.00. The largest absolute Gasteiger partial charge is 0.0530 e. The Morgan fingerprint density at radius 2 is 0.600 bits per heavy atom. The summed E-state index contributed by atoms with van der Waals surface area (Å²) in [5, 5.41) is 0. The SMILES string of the molecule is C1CCC(C2CCC3CC(C4CCCC4)CCC3C2)C1. The predicted molar refractivity (Wildman–Crippen MR) is 85.6 cm³/mol. The van der Waals surface area contributed by atoms with E-state index in [9.17, 15) is 0 Å². The first kappa shape index (κ1) is 13.6. The molecule has 0 saturated heterocycles. The predicted octanol–water partition coefficient (Wildman–Crippen LogP) is 6.20. The summed E-state index contributed by atoms with van der Waals surface area (Å²) in [7, 11) is 0. The molecule has 0 nitrogen and oxygen atoms in total. The van der Waals surface area contributed by atoms with Gasteiger partial charge in [-0.1, -0.05) is 51.4 Å². The molecule has 0 aliphatic heterocycles. The van der Waals surface area contributed by atoms with Crippen LogP contribution in [0.15, 0.2) is 0 Å². The van der Waals surface area contributed by atoms with Crippen LogP contribution in [0.1, 0.15) is 89.9 Å². The minimum Gasteiger partial charge on any atom is -0.0530 e. The number of fused-ring (bicyclic) bond motifs is 1. The fourth-order valence-electron chi connectivity index (χ4n) is 6.68. The van der Waals surface area contributed by atoms with Crippen molar-refractivity contribution in [3.05, 3.63) is 0 Å². The van der Waals surface area contributed by atoms with Crippen LogP contribution in [0.5, 0.6) is 0 Å². The monoisotopic (exact) mass is 274 g/mol. The molecule has 114 valence electrons.